The van der Waals surface area contributed by atoms with Crippen molar-refractivity contribution in [3.05, 3.63) is 46.3 Å². The first-order chi connectivity index (χ1) is 12.4. The van der Waals surface area contributed by atoms with Gasteiger partial charge >= 0.3 is 12.1 Å². The number of benzene rings is 1. The first-order valence-corrected chi connectivity index (χ1v) is 8.09. The van der Waals surface area contributed by atoms with E-state index in [-0.39, 0.29) is 23.1 Å². The molecule has 0 aliphatic carbocycles. The molecule has 1 aliphatic heterocycles. The summed E-state index contributed by atoms with van der Waals surface area (Å²) in [7, 11) is 0. The van der Waals surface area contributed by atoms with Crippen LogP contribution < -0.4 is 20.5 Å². The van der Waals surface area contributed by atoms with Crippen LogP contribution in [0, 0.1) is 0 Å². The molecule has 11 heteroatoms. The van der Waals surface area contributed by atoms with E-state index in [0.717, 1.165) is 4.68 Å². The SMILES string of the molecule is O=C(Cn1nc(-c2cccs2)oc1=O)Nc1ccc2c(c1)OC(F)(F)O2. The number of halogens is 2. The number of aromatic nitrogens is 2. The van der Waals surface area contributed by atoms with Crippen LogP contribution in [0.4, 0.5) is 14.5 Å². The van der Waals surface area contributed by atoms with Crippen molar-refractivity contribution in [2.45, 2.75) is 12.8 Å². The Labute approximate surface area is 147 Å². The van der Waals surface area contributed by atoms with Crippen molar-refractivity contribution in [2.75, 3.05) is 5.32 Å². The average molecular weight is 381 g/mol. The molecule has 0 bridgehead atoms. The highest BCUT2D eigenvalue weighted by atomic mass is 32.1. The number of amides is 1. The van der Waals surface area contributed by atoms with E-state index >= 15 is 0 Å². The van der Waals surface area contributed by atoms with E-state index < -0.39 is 24.5 Å². The Kier molecular flexibility index (Phi) is 3.72. The Morgan fingerprint density at radius 2 is 2.08 bits per heavy atom. The second-order valence-electron chi connectivity index (χ2n) is 5.19. The number of thiophene rings is 1. The van der Waals surface area contributed by atoms with Crippen LogP contribution >= 0.6 is 11.3 Å². The van der Waals surface area contributed by atoms with Gasteiger partial charge in [-0.3, -0.25) is 4.79 Å². The molecule has 4 rings (SSSR count). The monoisotopic (exact) mass is 381 g/mol. The molecule has 1 N–H and O–H groups in total. The molecule has 8 nitrogen and oxygen atoms in total. The van der Waals surface area contributed by atoms with Gasteiger partial charge in [0, 0.05) is 11.8 Å². The van der Waals surface area contributed by atoms with Crippen LogP contribution in [0.15, 0.2) is 44.9 Å². The molecule has 0 fully saturated rings. The normalized spacial score (nSPS) is 14.4. The molecule has 0 saturated heterocycles. The largest absolute Gasteiger partial charge is 0.586 e. The molecule has 3 aromatic rings. The Bertz CT molecular complexity index is 1030. The second kappa shape index (κ2) is 5.95. The van der Waals surface area contributed by atoms with Gasteiger partial charge in [0.15, 0.2) is 11.5 Å². The maximum atomic E-state index is 13.0. The summed E-state index contributed by atoms with van der Waals surface area (Å²) in [6, 6.07) is 7.29. The number of nitrogens with one attached hydrogen (secondary N) is 1. The van der Waals surface area contributed by atoms with E-state index in [4.69, 9.17) is 4.42 Å². The van der Waals surface area contributed by atoms with Crippen molar-refractivity contribution in [1.82, 2.24) is 9.78 Å². The molecule has 0 atom stereocenters. The lowest BCUT2D eigenvalue weighted by molar-refractivity contribution is -0.286. The van der Waals surface area contributed by atoms with Gasteiger partial charge in [-0.1, -0.05) is 6.07 Å². The summed E-state index contributed by atoms with van der Waals surface area (Å²) in [5, 5.41) is 8.21. The van der Waals surface area contributed by atoms with Crippen LogP contribution in [-0.4, -0.2) is 22.0 Å². The number of rotatable bonds is 4. The summed E-state index contributed by atoms with van der Waals surface area (Å²) in [6.45, 7) is -0.404. The second-order valence-corrected chi connectivity index (χ2v) is 6.13. The molecular weight excluding hydrogens is 372 g/mol. The topological polar surface area (TPSA) is 95.6 Å². The maximum absolute atomic E-state index is 13.0. The zero-order chi connectivity index (χ0) is 18.3. The highest BCUT2D eigenvalue weighted by molar-refractivity contribution is 7.13. The van der Waals surface area contributed by atoms with Crippen LogP contribution in [0.5, 0.6) is 11.5 Å². The third kappa shape index (κ3) is 3.16. The van der Waals surface area contributed by atoms with E-state index in [1.54, 1.807) is 17.5 Å². The van der Waals surface area contributed by atoms with Crippen molar-refractivity contribution >= 4 is 22.9 Å². The van der Waals surface area contributed by atoms with Crippen LogP contribution in [0.3, 0.4) is 0 Å². The Balaban J connectivity index is 1.46. The summed E-state index contributed by atoms with van der Waals surface area (Å²) in [5.41, 5.74) is 0.199. The van der Waals surface area contributed by atoms with E-state index in [2.05, 4.69) is 19.9 Å². The zero-order valence-corrected chi connectivity index (χ0v) is 13.6. The number of nitrogens with zero attached hydrogens (tertiary/aromatic N) is 2. The van der Waals surface area contributed by atoms with Gasteiger partial charge in [0.05, 0.1) is 4.88 Å². The first-order valence-electron chi connectivity index (χ1n) is 7.21. The van der Waals surface area contributed by atoms with Gasteiger partial charge in [-0.2, -0.15) is 4.68 Å². The number of carbonyl (C=O) groups is 1. The van der Waals surface area contributed by atoms with E-state index in [0.29, 0.717) is 4.88 Å². The van der Waals surface area contributed by atoms with Gasteiger partial charge in [-0.05, 0) is 23.6 Å². The number of ether oxygens (including phenoxy) is 2. The number of hydrogen-bond acceptors (Lipinski definition) is 7. The maximum Gasteiger partial charge on any atom is 0.586 e. The molecule has 134 valence electrons. The number of fused-ring (bicyclic) bond motifs is 1. The molecule has 1 aromatic carbocycles. The molecule has 0 radical (unpaired) electrons. The van der Waals surface area contributed by atoms with Gasteiger partial charge in [-0.25, -0.2) is 4.79 Å². The fourth-order valence-corrected chi connectivity index (χ4v) is 2.91. The minimum atomic E-state index is -3.74. The molecule has 26 heavy (non-hydrogen) atoms. The van der Waals surface area contributed by atoms with Crippen molar-refractivity contribution < 1.29 is 27.5 Å². The minimum absolute atomic E-state index is 0.114. The number of carbonyl (C=O) groups excluding carboxylic acids is 1. The van der Waals surface area contributed by atoms with E-state index in [9.17, 15) is 18.4 Å². The van der Waals surface area contributed by atoms with Crippen molar-refractivity contribution in [3.8, 4) is 22.3 Å². The van der Waals surface area contributed by atoms with Crippen molar-refractivity contribution in [1.29, 1.82) is 0 Å². The lowest BCUT2D eigenvalue weighted by Gasteiger charge is -2.05. The molecule has 0 spiro atoms. The summed E-state index contributed by atoms with van der Waals surface area (Å²) in [6.07, 6.45) is -3.74. The predicted octanol–water partition coefficient (Wildman–Crippen LogP) is 2.53. The van der Waals surface area contributed by atoms with E-state index in [1.807, 2.05) is 0 Å². The van der Waals surface area contributed by atoms with Gasteiger partial charge in [0.2, 0.25) is 5.91 Å². The Morgan fingerprint density at radius 1 is 1.27 bits per heavy atom. The molecule has 2 aromatic heterocycles. The summed E-state index contributed by atoms with van der Waals surface area (Å²) < 4.78 is 40.4. The molecule has 0 unspecified atom stereocenters. The summed E-state index contributed by atoms with van der Waals surface area (Å²) >= 11 is 1.33. The van der Waals surface area contributed by atoms with Crippen LogP contribution in [0.2, 0.25) is 0 Å². The lowest BCUT2D eigenvalue weighted by atomic mass is 10.3. The average Bonchev–Trinajstić information content (AvgIpc) is 3.25. The molecule has 1 aliphatic rings. The molecular formula is C15H9F2N3O5S. The van der Waals surface area contributed by atoms with Gasteiger partial charge in [-0.15, -0.1) is 25.2 Å². The van der Waals surface area contributed by atoms with Gasteiger partial charge in [0.25, 0.3) is 5.89 Å². The third-order valence-corrected chi connectivity index (χ3v) is 4.17. The van der Waals surface area contributed by atoms with Crippen LogP contribution in [-0.2, 0) is 11.3 Å². The fraction of sp³-hybridized carbons (Fsp3) is 0.133. The summed E-state index contributed by atoms with van der Waals surface area (Å²) in [5.74, 6) is -1.60. The number of alkyl halides is 2. The number of hydrogen-bond donors (Lipinski definition) is 1. The van der Waals surface area contributed by atoms with E-state index in [1.165, 1.54) is 29.5 Å². The highest BCUT2D eigenvalue weighted by Gasteiger charge is 2.43. The highest BCUT2D eigenvalue weighted by Crippen LogP contribution is 2.42. The van der Waals surface area contributed by atoms with Crippen molar-refractivity contribution in [2.24, 2.45) is 0 Å². The third-order valence-electron chi connectivity index (χ3n) is 3.32. The van der Waals surface area contributed by atoms with Gasteiger partial charge < -0.3 is 19.2 Å². The minimum Gasteiger partial charge on any atom is -0.395 e. The standard InChI is InChI=1S/C15H9F2N3O5S/c16-15(17)24-9-4-3-8(6-10(9)25-15)18-12(21)7-20-14(22)23-13(19-20)11-2-1-5-26-11/h1-6H,7H2,(H,18,21). The van der Waals surface area contributed by atoms with Crippen molar-refractivity contribution in [3.63, 3.8) is 0 Å². The first kappa shape index (κ1) is 16.3. The Morgan fingerprint density at radius 3 is 2.85 bits per heavy atom. The summed E-state index contributed by atoms with van der Waals surface area (Å²) in [4.78, 5) is 24.5. The Hall–Kier alpha value is -3.21. The molecule has 1 amide bonds. The lowest BCUT2D eigenvalue weighted by Crippen LogP contribution is -2.26. The zero-order valence-electron chi connectivity index (χ0n) is 12.8. The molecule has 3 heterocycles. The number of anilines is 1. The fourth-order valence-electron chi connectivity index (χ4n) is 2.27. The molecule has 0 saturated carbocycles. The van der Waals surface area contributed by atoms with Crippen LogP contribution in [0.1, 0.15) is 0 Å². The quantitative estimate of drug-likeness (QED) is 0.746. The smallest absolute Gasteiger partial charge is 0.395 e. The predicted molar refractivity (Wildman–Crippen MR) is 85.4 cm³/mol. The van der Waals surface area contributed by atoms with Crippen LogP contribution in [0.25, 0.3) is 10.8 Å². The van der Waals surface area contributed by atoms with Gasteiger partial charge in [0.1, 0.15) is 6.54 Å².